The Bertz CT molecular complexity index is 1780. The van der Waals surface area contributed by atoms with E-state index in [2.05, 4.69) is 23.5 Å². The van der Waals surface area contributed by atoms with E-state index in [9.17, 15) is 54.3 Å². The van der Waals surface area contributed by atoms with Crippen molar-refractivity contribution in [1.29, 1.82) is 0 Å². The van der Waals surface area contributed by atoms with E-state index in [1.54, 1.807) is 6.20 Å². The van der Waals surface area contributed by atoms with Gasteiger partial charge >= 0.3 is 11.9 Å². The number of hydrogen-bond donors (Lipinski definition) is 7. The molecule has 0 radical (unpaired) electrons. The van der Waals surface area contributed by atoms with E-state index < -0.39 is 115 Å². The zero-order valence-corrected chi connectivity index (χ0v) is 34.9. The largest absolute Gasteiger partial charge is 0.481 e. The first-order valence-corrected chi connectivity index (χ1v) is 20.9. The molecule has 4 unspecified atom stereocenters. The number of nitrogens with zero attached hydrogens (tertiary/aromatic N) is 5. The Hall–Kier alpha value is -4.56. The Morgan fingerprint density at radius 1 is 0.905 bits per heavy atom. The number of amides is 3. The number of ether oxygens (including phenoxy) is 5. The van der Waals surface area contributed by atoms with Crippen LogP contribution in [0.3, 0.4) is 0 Å². The third kappa shape index (κ3) is 11.8. The zero-order valence-electron chi connectivity index (χ0n) is 34.9. The van der Waals surface area contributed by atoms with Gasteiger partial charge in [0.25, 0.3) is 0 Å². The van der Waals surface area contributed by atoms with Gasteiger partial charge in [0.1, 0.15) is 36.2 Å². The van der Waals surface area contributed by atoms with Crippen LogP contribution in [0.1, 0.15) is 51.1 Å². The van der Waals surface area contributed by atoms with Crippen LogP contribution in [0.4, 0.5) is 0 Å². The summed E-state index contributed by atoms with van der Waals surface area (Å²) in [5, 5.41) is 69.0. The summed E-state index contributed by atoms with van der Waals surface area (Å²) in [4.78, 5) is 77.0. The number of unbranched alkanes of at least 4 members (excludes halogenated alkanes) is 2. The summed E-state index contributed by atoms with van der Waals surface area (Å²) in [6, 6.07) is -1.26. The number of nitrogens with two attached hydrogens (primary N) is 1. The third-order valence-corrected chi connectivity index (χ3v) is 11.9. The topological polar surface area (TPSA) is 333 Å². The van der Waals surface area contributed by atoms with Gasteiger partial charge in [-0.1, -0.05) is 17.4 Å². The predicted octanol–water partition coefficient (Wildman–Crippen LogP) is -2.64. The van der Waals surface area contributed by atoms with Crippen molar-refractivity contribution in [3.63, 3.8) is 0 Å². The first-order chi connectivity index (χ1) is 30.0. The number of rotatable bonds is 24. The molecule has 0 bridgehead atoms. The molecule has 350 valence electrons. The van der Waals surface area contributed by atoms with Crippen molar-refractivity contribution in [3.05, 3.63) is 37.2 Å². The number of carboxylic acids is 2. The van der Waals surface area contributed by atoms with Gasteiger partial charge < -0.3 is 65.0 Å². The lowest BCUT2D eigenvalue weighted by Crippen LogP contribution is -2.64. The highest BCUT2D eigenvalue weighted by molar-refractivity contribution is 6.32. The average Bonchev–Trinajstić information content (AvgIpc) is 3.94. The van der Waals surface area contributed by atoms with E-state index in [1.807, 2.05) is 0 Å². The van der Waals surface area contributed by atoms with E-state index >= 15 is 0 Å². The lowest BCUT2D eigenvalue weighted by Gasteiger charge is -2.45. The fourth-order valence-corrected chi connectivity index (χ4v) is 8.29. The van der Waals surface area contributed by atoms with Crippen LogP contribution in [-0.4, -0.2) is 191 Å². The van der Waals surface area contributed by atoms with Crippen LogP contribution in [0.15, 0.2) is 31.5 Å². The highest BCUT2D eigenvalue weighted by Gasteiger charge is 2.58. The minimum absolute atomic E-state index is 0.00336. The summed E-state index contributed by atoms with van der Waals surface area (Å²) >= 11 is 0. The molecular formula is C40H58N6O17. The molecule has 4 aliphatic rings. The Kier molecular flexibility index (Phi) is 17.6. The standard InChI is InChI=1S/C40H58N6O17/c1-4-24-28-29(25(5-2)62-24)37(54)46(36(28)53)12-8-6-7-11-44(27(48)10-9-23(47)39(57)58)18-21-19-45(43-42-21)13-14-59-15-16-60-26-17-22(38(55)56)35(34(52)32(26)50)63-40-30(41)33(51)31(49)20(3)61-40/h4-5,19-20,22,24-26,28-35,40,49-52H,1-2,6-18,41H2,3H3,(H,55,56)(H,57,58)/t20?,22?,24-,25+,26-,28+,29-,30?,31-,32?,33-,34-,35-,40-/m1/s1. The minimum Gasteiger partial charge on any atom is -0.481 e. The van der Waals surface area contributed by atoms with Crippen LogP contribution in [0.25, 0.3) is 0 Å². The second-order valence-electron chi connectivity index (χ2n) is 16.0. The number of carbonyl (C=O) groups excluding carboxylic acids is 4. The number of ketones is 1. The highest BCUT2D eigenvalue weighted by Crippen LogP contribution is 2.41. The number of fused-ring (bicyclic) bond motifs is 1. The number of imide groups is 1. The molecule has 0 aromatic carbocycles. The number of carboxylic acid groups (broad SMARTS) is 2. The van der Waals surface area contributed by atoms with Crippen molar-refractivity contribution in [2.45, 2.75) is 126 Å². The lowest BCUT2D eigenvalue weighted by atomic mass is 9.80. The summed E-state index contributed by atoms with van der Waals surface area (Å²) < 4.78 is 29.7. The van der Waals surface area contributed by atoms with Crippen molar-refractivity contribution in [1.82, 2.24) is 24.8 Å². The summed E-state index contributed by atoms with van der Waals surface area (Å²) in [5.74, 6) is -7.85. The minimum atomic E-state index is -1.73. The van der Waals surface area contributed by atoms with Crippen LogP contribution in [0, 0.1) is 17.8 Å². The lowest BCUT2D eigenvalue weighted by molar-refractivity contribution is -0.296. The molecule has 23 heteroatoms. The molecule has 1 aromatic heterocycles. The molecule has 5 rings (SSSR count). The van der Waals surface area contributed by atoms with Crippen LogP contribution in [0.2, 0.25) is 0 Å². The van der Waals surface area contributed by atoms with Crippen LogP contribution < -0.4 is 5.73 Å². The summed E-state index contributed by atoms with van der Waals surface area (Å²) in [6.45, 7) is 9.55. The number of aliphatic hydroxyl groups is 4. The maximum atomic E-state index is 13.2. The molecule has 1 saturated carbocycles. The second kappa shape index (κ2) is 22.4. The van der Waals surface area contributed by atoms with Crippen molar-refractivity contribution < 1.29 is 83.1 Å². The molecule has 23 nitrogen and oxygen atoms in total. The number of Topliss-reactive ketones (excluding diaryl/α,β-unsaturated/α-hetero) is 1. The fraction of sp³-hybridized carbons (Fsp3) is 0.700. The maximum Gasteiger partial charge on any atom is 0.372 e. The number of carbonyl (C=O) groups is 6. The molecule has 14 atom stereocenters. The van der Waals surface area contributed by atoms with Gasteiger partial charge in [-0.2, -0.15) is 0 Å². The zero-order chi connectivity index (χ0) is 46.1. The number of likely N-dealkylation sites (tertiary alicyclic amines) is 1. The fourth-order valence-electron chi connectivity index (χ4n) is 8.29. The SMILES string of the molecule is C=C[C@@H]1O[C@H](C=C)[C@@H]2C(=O)N(CCCCCN(Cc3cn(CCOCCO[C@@H]4CC(C(=O)O)[C@@H](O[C@H]5OC(C)[C@@H](O)[C@H](O)C5N)[C@H](O)C4O)nn3)C(=O)CCC(=O)C(=O)O)C(=O)[C@@H]21. The molecule has 3 saturated heterocycles. The number of hydrogen-bond acceptors (Lipinski definition) is 18. The first kappa shape index (κ1) is 49.5. The van der Waals surface area contributed by atoms with E-state index in [4.69, 9.17) is 34.5 Å². The average molecular weight is 895 g/mol. The Morgan fingerprint density at radius 2 is 1.59 bits per heavy atom. The quantitative estimate of drug-likeness (QED) is 0.0241. The van der Waals surface area contributed by atoms with Crippen LogP contribution in [-0.2, 0) is 65.5 Å². The third-order valence-electron chi connectivity index (χ3n) is 11.9. The monoisotopic (exact) mass is 894 g/mol. The van der Waals surface area contributed by atoms with Crippen molar-refractivity contribution in [3.8, 4) is 0 Å². The Morgan fingerprint density at radius 3 is 2.22 bits per heavy atom. The molecule has 4 heterocycles. The molecule has 4 fully saturated rings. The van der Waals surface area contributed by atoms with Crippen LogP contribution in [0.5, 0.6) is 0 Å². The normalized spacial score (nSPS) is 33.0. The molecule has 3 amide bonds. The van der Waals surface area contributed by atoms with E-state index in [1.165, 1.54) is 33.6 Å². The van der Waals surface area contributed by atoms with Gasteiger partial charge in [0.2, 0.25) is 23.5 Å². The first-order valence-electron chi connectivity index (χ1n) is 20.9. The number of aromatic nitrogens is 3. The Labute approximate surface area is 362 Å². The van der Waals surface area contributed by atoms with Gasteiger partial charge in [-0.3, -0.25) is 28.9 Å². The predicted molar refractivity (Wildman–Crippen MR) is 211 cm³/mol. The molecule has 1 aromatic rings. The van der Waals surface area contributed by atoms with Crippen molar-refractivity contribution >= 4 is 35.4 Å². The van der Waals surface area contributed by atoms with Gasteiger partial charge in [-0.25, -0.2) is 9.48 Å². The highest BCUT2D eigenvalue weighted by atomic mass is 16.7. The molecule has 3 aliphatic heterocycles. The summed E-state index contributed by atoms with van der Waals surface area (Å²) in [7, 11) is 0. The van der Waals surface area contributed by atoms with Crippen molar-refractivity contribution in [2.24, 2.45) is 23.5 Å². The molecule has 0 spiro atoms. The van der Waals surface area contributed by atoms with Gasteiger partial charge in [0, 0.05) is 25.9 Å². The van der Waals surface area contributed by atoms with E-state index in [0.717, 1.165) is 0 Å². The molecule has 1 aliphatic carbocycles. The molecule has 8 N–H and O–H groups in total. The smallest absolute Gasteiger partial charge is 0.372 e. The van der Waals surface area contributed by atoms with E-state index in [0.29, 0.717) is 25.0 Å². The van der Waals surface area contributed by atoms with Gasteiger partial charge in [0.15, 0.2) is 6.29 Å². The summed E-state index contributed by atoms with van der Waals surface area (Å²) in [5.41, 5.74) is 6.32. The summed E-state index contributed by atoms with van der Waals surface area (Å²) in [6.07, 6.45) is -7.08. The second-order valence-corrected chi connectivity index (χ2v) is 16.0. The Balaban J connectivity index is 1.05. The molecular weight excluding hydrogens is 836 g/mol. The number of aliphatic carboxylic acids is 2. The maximum absolute atomic E-state index is 13.2. The van der Waals surface area contributed by atoms with Gasteiger partial charge in [-0.05, 0) is 32.6 Å². The van der Waals surface area contributed by atoms with Crippen molar-refractivity contribution in [2.75, 3.05) is 32.9 Å². The number of aliphatic hydroxyl groups excluding tert-OH is 4. The van der Waals surface area contributed by atoms with Crippen LogP contribution >= 0.6 is 0 Å². The molecule has 63 heavy (non-hydrogen) atoms. The van der Waals surface area contributed by atoms with Gasteiger partial charge in [-0.15, -0.1) is 18.3 Å². The van der Waals surface area contributed by atoms with E-state index in [-0.39, 0.29) is 70.7 Å². The van der Waals surface area contributed by atoms with Gasteiger partial charge in [0.05, 0.1) is 87.3 Å².